The normalized spacial score (nSPS) is 18.7. The number of hydrogen-bond acceptors (Lipinski definition) is 5. The summed E-state index contributed by atoms with van der Waals surface area (Å²) in [6.07, 6.45) is 0. The SMILES string of the molecule is CC1(C)OB(c2ccc(Cl)c(NS(=O)(=O)c3ccccc3)n2)OC1(C)C. The van der Waals surface area contributed by atoms with E-state index < -0.39 is 28.3 Å². The van der Waals surface area contributed by atoms with Crippen molar-refractivity contribution in [3.8, 4) is 0 Å². The first kappa shape index (κ1) is 19.2. The molecule has 2 aromatic rings. The summed E-state index contributed by atoms with van der Waals surface area (Å²) >= 11 is 6.14. The van der Waals surface area contributed by atoms with Gasteiger partial charge in [0.2, 0.25) is 0 Å². The average molecular weight is 395 g/mol. The zero-order valence-corrected chi connectivity index (χ0v) is 16.6. The highest BCUT2D eigenvalue weighted by Gasteiger charge is 2.52. The summed E-state index contributed by atoms with van der Waals surface area (Å²) < 4.78 is 39.4. The van der Waals surface area contributed by atoms with E-state index in [-0.39, 0.29) is 15.7 Å². The van der Waals surface area contributed by atoms with Crippen LogP contribution in [0.25, 0.3) is 0 Å². The topological polar surface area (TPSA) is 77.5 Å². The summed E-state index contributed by atoms with van der Waals surface area (Å²) in [7, 11) is -4.51. The van der Waals surface area contributed by atoms with Crippen LogP contribution in [0.1, 0.15) is 27.7 Å². The van der Waals surface area contributed by atoms with E-state index >= 15 is 0 Å². The van der Waals surface area contributed by atoms with Gasteiger partial charge in [0.1, 0.15) is 0 Å². The van der Waals surface area contributed by atoms with Gasteiger partial charge in [0.25, 0.3) is 10.0 Å². The lowest BCUT2D eigenvalue weighted by Crippen LogP contribution is -2.41. The van der Waals surface area contributed by atoms with Gasteiger partial charge in [0, 0.05) is 0 Å². The van der Waals surface area contributed by atoms with Gasteiger partial charge in [-0.25, -0.2) is 13.4 Å². The highest BCUT2D eigenvalue weighted by molar-refractivity contribution is 7.92. The standard InChI is InChI=1S/C17H20BClN2O4S/c1-16(2)17(3,4)25-18(24-16)14-11-10-13(19)15(20-14)21-26(22,23)12-8-6-5-7-9-12/h5-11H,1-4H3,(H,20,21). The monoisotopic (exact) mass is 394 g/mol. The third-order valence-electron chi connectivity index (χ3n) is 4.65. The number of halogens is 1. The van der Waals surface area contributed by atoms with Crippen LogP contribution in [0.2, 0.25) is 5.02 Å². The number of nitrogens with one attached hydrogen (secondary N) is 1. The number of hydrogen-bond donors (Lipinski definition) is 1. The van der Waals surface area contributed by atoms with Crippen molar-refractivity contribution in [2.24, 2.45) is 0 Å². The number of aromatic nitrogens is 1. The molecule has 0 bridgehead atoms. The first-order chi connectivity index (χ1) is 12.0. The largest absolute Gasteiger partial charge is 0.514 e. The molecule has 0 spiro atoms. The fourth-order valence-electron chi connectivity index (χ4n) is 2.41. The van der Waals surface area contributed by atoms with Crippen LogP contribution in [-0.4, -0.2) is 31.7 Å². The second kappa shape index (κ2) is 6.53. The van der Waals surface area contributed by atoms with E-state index in [9.17, 15) is 8.42 Å². The molecule has 1 saturated heterocycles. The van der Waals surface area contributed by atoms with Crippen LogP contribution >= 0.6 is 11.6 Å². The lowest BCUT2D eigenvalue weighted by molar-refractivity contribution is 0.00578. The molecule has 138 valence electrons. The minimum atomic E-state index is -3.80. The maximum atomic E-state index is 12.5. The van der Waals surface area contributed by atoms with Crippen LogP contribution in [0.3, 0.4) is 0 Å². The van der Waals surface area contributed by atoms with Crippen molar-refractivity contribution < 1.29 is 17.7 Å². The van der Waals surface area contributed by atoms with E-state index in [4.69, 9.17) is 20.9 Å². The van der Waals surface area contributed by atoms with Crippen molar-refractivity contribution in [1.82, 2.24) is 4.98 Å². The molecule has 0 saturated carbocycles. The van der Waals surface area contributed by atoms with E-state index in [0.29, 0.717) is 5.59 Å². The van der Waals surface area contributed by atoms with Crippen molar-refractivity contribution >= 4 is 40.2 Å². The van der Waals surface area contributed by atoms with Crippen LogP contribution < -0.4 is 10.3 Å². The molecule has 0 aliphatic carbocycles. The van der Waals surface area contributed by atoms with Crippen LogP contribution in [-0.2, 0) is 19.3 Å². The van der Waals surface area contributed by atoms with Gasteiger partial charge in [-0.1, -0.05) is 29.8 Å². The first-order valence-corrected chi connectivity index (χ1v) is 9.98. The van der Waals surface area contributed by atoms with E-state index in [1.807, 2.05) is 27.7 Å². The molecule has 6 nitrogen and oxygen atoms in total. The minimum Gasteiger partial charge on any atom is -0.398 e. The van der Waals surface area contributed by atoms with Gasteiger partial charge in [-0.05, 0) is 52.0 Å². The Kier molecular flexibility index (Phi) is 4.81. The van der Waals surface area contributed by atoms with Crippen LogP contribution in [0, 0.1) is 0 Å². The van der Waals surface area contributed by atoms with Crippen molar-refractivity contribution in [3.63, 3.8) is 0 Å². The maximum absolute atomic E-state index is 12.5. The Bertz CT molecular complexity index is 904. The Balaban J connectivity index is 1.90. The number of sulfonamides is 1. The fourth-order valence-corrected chi connectivity index (χ4v) is 3.66. The van der Waals surface area contributed by atoms with Crippen molar-refractivity contribution in [2.75, 3.05) is 4.72 Å². The molecule has 1 aliphatic rings. The van der Waals surface area contributed by atoms with Gasteiger partial charge in [-0.3, -0.25) is 4.72 Å². The zero-order valence-electron chi connectivity index (χ0n) is 15.0. The maximum Gasteiger partial charge on any atom is 0.514 e. The molecule has 9 heteroatoms. The molecule has 0 atom stereocenters. The number of rotatable bonds is 4. The van der Waals surface area contributed by atoms with Gasteiger partial charge in [-0.2, -0.15) is 0 Å². The van der Waals surface area contributed by atoms with Gasteiger partial charge >= 0.3 is 7.12 Å². The molecule has 0 radical (unpaired) electrons. The Hall–Kier alpha value is -1.61. The number of nitrogens with zero attached hydrogens (tertiary/aromatic N) is 1. The molecule has 1 fully saturated rings. The summed E-state index contributed by atoms with van der Waals surface area (Å²) in [5.74, 6) is 0.0303. The van der Waals surface area contributed by atoms with Gasteiger partial charge < -0.3 is 9.31 Å². The fraction of sp³-hybridized carbons (Fsp3) is 0.353. The molecule has 1 aromatic carbocycles. The van der Waals surface area contributed by atoms with Crippen LogP contribution in [0.4, 0.5) is 5.82 Å². The Labute approximate surface area is 159 Å². The zero-order chi connectivity index (χ0) is 19.2. The van der Waals surface area contributed by atoms with E-state index in [2.05, 4.69) is 9.71 Å². The van der Waals surface area contributed by atoms with Gasteiger partial charge in [0.15, 0.2) is 5.82 Å². The summed E-state index contributed by atoms with van der Waals surface area (Å²) in [6, 6.07) is 11.2. The second-order valence-electron chi connectivity index (χ2n) is 7.07. The Morgan fingerprint density at radius 3 is 2.15 bits per heavy atom. The van der Waals surface area contributed by atoms with E-state index in [0.717, 1.165) is 0 Å². The van der Waals surface area contributed by atoms with Crippen LogP contribution in [0.5, 0.6) is 0 Å². The molecular weight excluding hydrogens is 375 g/mol. The van der Waals surface area contributed by atoms with Crippen molar-refractivity contribution in [1.29, 1.82) is 0 Å². The van der Waals surface area contributed by atoms with Crippen LogP contribution in [0.15, 0.2) is 47.4 Å². The van der Waals surface area contributed by atoms with Gasteiger partial charge in [0.05, 0.1) is 26.7 Å². The Morgan fingerprint density at radius 1 is 1.00 bits per heavy atom. The second-order valence-corrected chi connectivity index (χ2v) is 9.16. The smallest absolute Gasteiger partial charge is 0.398 e. The third kappa shape index (κ3) is 3.60. The minimum absolute atomic E-state index is 0.0303. The summed E-state index contributed by atoms with van der Waals surface area (Å²) in [4.78, 5) is 4.45. The van der Waals surface area contributed by atoms with E-state index in [1.165, 1.54) is 12.1 Å². The Morgan fingerprint density at radius 2 is 1.58 bits per heavy atom. The molecule has 1 N–H and O–H groups in total. The highest BCUT2D eigenvalue weighted by Crippen LogP contribution is 2.36. The number of pyridine rings is 1. The molecule has 26 heavy (non-hydrogen) atoms. The van der Waals surface area contributed by atoms with Crippen molar-refractivity contribution in [2.45, 2.75) is 43.8 Å². The molecule has 3 rings (SSSR count). The third-order valence-corrected chi connectivity index (χ3v) is 6.31. The summed E-state index contributed by atoms with van der Waals surface area (Å²) in [6.45, 7) is 7.73. The predicted molar refractivity (Wildman–Crippen MR) is 102 cm³/mol. The lowest BCUT2D eigenvalue weighted by Gasteiger charge is -2.32. The van der Waals surface area contributed by atoms with Crippen molar-refractivity contribution in [3.05, 3.63) is 47.5 Å². The van der Waals surface area contributed by atoms with E-state index in [1.54, 1.807) is 30.3 Å². The van der Waals surface area contributed by atoms with Gasteiger partial charge in [-0.15, -0.1) is 0 Å². The average Bonchev–Trinajstić information content (AvgIpc) is 2.78. The molecule has 1 aromatic heterocycles. The highest BCUT2D eigenvalue weighted by atomic mass is 35.5. The summed E-state index contributed by atoms with van der Waals surface area (Å²) in [5.41, 5.74) is -0.607. The number of benzene rings is 1. The molecule has 2 heterocycles. The molecular formula is C17H20BClN2O4S. The molecule has 0 unspecified atom stereocenters. The number of anilines is 1. The molecule has 1 aliphatic heterocycles. The first-order valence-electron chi connectivity index (χ1n) is 8.12. The molecule has 0 amide bonds. The predicted octanol–water partition coefficient (Wildman–Crippen LogP) is 2.84. The summed E-state index contributed by atoms with van der Waals surface area (Å²) in [5, 5.41) is 0.185. The quantitative estimate of drug-likeness (QED) is 0.807. The lowest BCUT2D eigenvalue weighted by atomic mass is 9.84.